The van der Waals surface area contributed by atoms with Gasteiger partial charge in [-0.3, -0.25) is 4.79 Å². The van der Waals surface area contributed by atoms with Gasteiger partial charge in [-0.05, 0) is 70.7 Å². The van der Waals surface area contributed by atoms with E-state index in [1.54, 1.807) is 24.3 Å². The molecule has 0 radical (unpaired) electrons. The first-order valence-corrected chi connectivity index (χ1v) is 11.1. The number of sulfone groups is 1. The van der Waals surface area contributed by atoms with E-state index in [9.17, 15) is 17.6 Å². The lowest BCUT2D eigenvalue weighted by molar-refractivity contribution is -0.121. The number of carbonyl (C=O) groups excluding carboxylic acids is 1. The molecular formula is C19H21BrFNO4S. The summed E-state index contributed by atoms with van der Waals surface area (Å²) in [5.41, 5.74) is 0.935. The number of ether oxygens (including phenoxy) is 1. The minimum absolute atomic E-state index is 0.0767. The van der Waals surface area contributed by atoms with Crippen molar-refractivity contribution in [2.24, 2.45) is 0 Å². The van der Waals surface area contributed by atoms with E-state index in [1.165, 1.54) is 18.2 Å². The van der Waals surface area contributed by atoms with Crippen LogP contribution in [0.15, 0.2) is 51.8 Å². The van der Waals surface area contributed by atoms with Crippen LogP contribution in [-0.4, -0.2) is 33.7 Å². The lowest BCUT2D eigenvalue weighted by atomic mass is 10.1. The Balaban J connectivity index is 1.63. The molecule has 0 atom stereocenters. The molecule has 0 aromatic heterocycles. The molecule has 0 bridgehead atoms. The summed E-state index contributed by atoms with van der Waals surface area (Å²) in [6.45, 7) is 0.835. The molecule has 2 aromatic carbocycles. The van der Waals surface area contributed by atoms with Crippen molar-refractivity contribution >= 4 is 31.7 Å². The number of carbonyl (C=O) groups is 1. The standard InChI is InChI=1S/C19H21BrFNO4S/c1-27(24,25)16-7-5-15(6-8-16)26-12-2-3-19(23)22-11-10-14-4-9-18(21)17(20)13-14/h4-9,13H,2-3,10-12H2,1H3,(H,22,23). The smallest absolute Gasteiger partial charge is 0.220 e. The molecular weight excluding hydrogens is 437 g/mol. The zero-order valence-electron chi connectivity index (χ0n) is 14.9. The van der Waals surface area contributed by atoms with Gasteiger partial charge in [-0.15, -0.1) is 0 Å². The summed E-state index contributed by atoms with van der Waals surface area (Å²) < 4.78 is 41.8. The molecule has 0 spiro atoms. The van der Waals surface area contributed by atoms with Gasteiger partial charge in [-0.25, -0.2) is 12.8 Å². The van der Waals surface area contributed by atoms with E-state index in [2.05, 4.69) is 21.2 Å². The zero-order valence-corrected chi connectivity index (χ0v) is 17.3. The van der Waals surface area contributed by atoms with Gasteiger partial charge in [0.1, 0.15) is 11.6 Å². The molecule has 0 aliphatic heterocycles. The molecule has 0 saturated heterocycles. The highest BCUT2D eigenvalue weighted by atomic mass is 79.9. The molecule has 27 heavy (non-hydrogen) atoms. The third kappa shape index (κ3) is 7.30. The number of amides is 1. The van der Waals surface area contributed by atoms with E-state index < -0.39 is 9.84 Å². The molecule has 1 N–H and O–H groups in total. The highest BCUT2D eigenvalue weighted by Gasteiger charge is 2.07. The maximum Gasteiger partial charge on any atom is 0.220 e. The Morgan fingerprint density at radius 3 is 2.52 bits per heavy atom. The Hall–Kier alpha value is -1.93. The number of hydrogen-bond donors (Lipinski definition) is 1. The third-order valence-electron chi connectivity index (χ3n) is 3.79. The van der Waals surface area contributed by atoms with E-state index in [0.717, 1.165) is 11.8 Å². The van der Waals surface area contributed by atoms with E-state index in [-0.39, 0.29) is 16.6 Å². The number of hydrogen-bond acceptors (Lipinski definition) is 4. The summed E-state index contributed by atoms with van der Waals surface area (Å²) >= 11 is 3.14. The van der Waals surface area contributed by atoms with Gasteiger partial charge in [0, 0.05) is 19.2 Å². The van der Waals surface area contributed by atoms with Gasteiger partial charge < -0.3 is 10.1 Å². The first-order valence-electron chi connectivity index (χ1n) is 8.39. The average Bonchev–Trinajstić information content (AvgIpc) is 2.61. The zero-order chi connectivity index (χ0) is 19.9. The molecule has 0 aliphatic carbocycles. The van der Waals surface area contributed by atoms with Crippen molar-refractivity contribution in [3.05, 3.63) is 58.3 Å². The van der Waals surface area contributed by atoms with Crippen molar-refractivity contribution in [3.8, 4) is 5.75 Å². The second-order valence-electron chi connectivity index (χ2n) is 6.04. The van der Waals surface area contributed by atoms with Crippen LogP contribution < -0.4 is 10.1 Å². The van der Waals surface area contributed by atoms with Crippen LogP contribution in [-0.2, 0) is 21.1 Å². The van der Waals surface area contributed by atoms with Crippen LogP contribution in [0.25, 0.3) is 0 Å². The van der Waals surface area contributed by atoms with Crippen LogP contribution in [0.2, 0.25) is 0 Å². The van der Waals surface area contributed by atoms with Crippen LogP contribution >= 0.6 is 15.9 Å². The molecule has 0 unspecified atom stereocenters. The molecule has 8 heteroatoms. The predicted octanol–water partition coefficient (Wildman–Crippen LogP) is 3.51. The van der Waals surface area contributed by atoms with E-state index >= 15 is 0 Å². The molecule has 0 saturated carbocycles. The topological polar surface area (TPSA) is 72.5 Å². The fourth-order valence-corrected chi connectivity index (χ4v) is 3.39. The van der Waals surface area contributed by atoms with E-state index in [4.69, 9.17) is 4.74 Å². The maximum atomic E-state index is 13.2. The second-order valence-corrected chi connectivity index (χ2v) is 8.91. The lowest BCUT2D eigenvalue weighted by Gasteiger charge is -2.08. The largest absolute Gasteiger partial charge is 0.494 e. The summed E-state index contributed by atoms with van der Waals surface area (Å²) in [5, 5.41) is 2.82. The van der Waals surface area contributed by atoms with Crippen molar-refractivity contribution < 1.29 is 22.3 Å². The van der Waals surface area contributed by atoms with E-state index in [1.807, 2.05) is 0 Å². The Morgan fingerprint density at radius 1 is 1.19 bits per heavy atom. The molecule has 0 aliphatic rings. The predicted molar refractivity (Wildman–Crippen MR) is 105 cm³/mol. The van der Waals surface area contributed by atoms with Gasteiger partial charge in [0.05, 0.1) is 16.0 Å². The average molecular weight is 458 g/mol. The maximum absolute atomic E-state index is 13.2. The molecule has 2 rings (SSSR count). The number of benzene rings is 2. The number of rotatable bonds is 9. The minimum Gasteiger partial charge on any atom is -0.494 e. The number of halogens is 2. The molecule has 146 valence electrons. The Kier molecular flexibility index (Phi) is 7.79. The van der Waals surface area contributed by atoms with Gasteiger partial charge in [0.15, 0.2) is 9.84 Å². The molecule has 2 aromatic rings. The first kappa shape index (κ1) is 21.4. The Labute approximate surface area is 167 Å². The summed E-state index contributed by atoms with van der Waals surface area (Å²) in [4.78, 5) is 12.1. The van der Waals surface area contributed by atoms with Crippen LogP contribution in [0, 0.1) is 5.82 Å². The minimum atomic E-state index is -3.22. The van der Waals surface area contributed by atoms with Gasteiger partial charge in [0.25, 0.3) is 0 Å². The van der Waals surface area contributed by atoms with Crippen LogP contribution in [0.1, 0.15) is 18.4 Å². The van der Waals surface area contributed by atoms with Crippen molar-refractivity contribution in [3.63, 3.8) is 0 Å². The van der Waals surface area contributed by atoms with Crippen molar-refractivity contribution in [1.29, 1.82) is 0 Å². The lowest BCUT2D eigenvalue weighted by Crippen LogP contribution is -2.25. The van der Waals surface area contributed by atoms with Crippen molar-refractivity contribution in [2.75, 3.05) is 19.4 Å². The third-order valence-corrected chi connectivity index (χ3v) is 5.52. The Bertz CT molecular complexity index is 885. The molecule has 0 heterocycles. The summed E-state index contributed by atoms with van der Waals surface area (Å²) in [7, 11) is -3.22. The SMILES string of the molecule is CS(=O)(=O)c1ccc(OCCCC(=O)NCCc2ccc(F)c(Br)c2)cc1. The summed E-state index contributed by atoms with van der Waals surface area (Å²) in [5.74, 6) is 0.172. The van der Waals surface area contributed by atoms with Crippen LogP contribution in [0.3, 0.4) is 0 Å². The first-order chi connectivity index (χ1) is 12.8. The quantitative estimate of drug-likeness (QED) is 0.584. The van der Waals surface area contributed by atoms with Gasteiger partial charge >= 0.3 is 0 Å². The van der Waals surface area contributed by atoms with Crippen LogP contribution in [0.5, 0.6) is 5.75 Å². The van der Waals surface area contributed by atoms with Gasteiger partial charge in [0.2, 0.25) is 5.91 Å². The van der Waals surface area contributed by atoms with Crippen molar-refractivity contribution in [1.82, 2.24) is 5.32 Å². The molecule has 5 nitrogen and oxygen atoms in total. The molecule has 1 amide bonds. The second kappa shape index (κ2) is 9.85. The Morgan fingerprint density at radius 2 is 1.89 bits per heavy atom. The van der Waals surface area contributed by atoms with Crippen LogP contribution in [0.4, 0.5) is 4.39 Å². The fourth-order valence-electron chi connectivity index (χ4n) is 2.34. The molecule has 0 fully saturated rings. The fraction of sp³-hybridized carbons (Fsp3) is 0.316. The highest BCUT2D eigenvalue weighted by Crippen LogP contribution is 2.17. The monoisotopic (exact) mass is 457 g/mol. The number of nitrogens with one attached hydrogen (secondary N) is 1. The van der Waals surface area contributed by atoms with Crippen molar-refractivity contribution in [2.45, 2.75) is 24.2 Å². The summed E-state index contributed by atoms with van der Waals surface area (Å²) in [6.07, 6.45) is 2.64. The highest BCUT2D eigenvalue weighted by molar-refractivity contribution is 9.10. The van der Waals surface area contributed by atoms with Gasteiger partial charge in [-0.2, -0.15) is 0 Å². The summed E-state index contributed by atoms with van der Waals surface area (Å²) in [6, 6.07) is 10.9. The van der Waals surface area contributed by atoms with E-state index in [0.29, 0.717) is 42.6 Å². The van der Waals surface area contributed by atoms with Gasteiger partial charge in [-0.1, -0.05) is 6.07 Å². The normalized spacial score (nSPS) is 11.2.